The Morgan fingerprint density at radius 2 is 2.27 bits per heavy atom. The van der Waals surface area contributed by atoms with Crippen LogP contribution < -0.4 is 5.32 Å². The fraction of sp³-hybridized carbons (Fsp3) is 0.909. The van der Waals surface area contributed by atoms with Gasteiger partial charge < -0.3 is 4.90 Å². The monoisotopic (exact) mass is 211 g/mol. The zero-order valence-corrected chi connectivity index (χ0v) is 9.86. The Labute approximate surface area is 91.6 Å². The summed E-state index contributed by atoms with van der Waals surface area (Å²) in [6.07, 6.45) is 2.65. The maximum atomic E-state index is 11.7. The molecule has 1 aliphatic carbocycles. The second kappa shape index (κ2) is 4.10. The van der Waals surface area contributed by atoms with Gasteiger partial charge in [-0.15, -0.1) is 0 Å². The molecule has 0 aromatic heterocycles. The lowest BCUT2D eigenvalue weighted by Gasteiger charge is -2.28. The summed E-state index contributed by atoms with van der Waals surface area (Å²) in [7, 11) is 2.17. The van der Waals surface area contributed by atoms with E-state index in [0.29, 0.717) is 12.7 Å². The Morgan fingerprint density at radius 1 is 1.60 bits per heavy atom. The molecule has 0 aromatic carbocycles. The fourth-order valence-electron chi connectivity index (χ4n) is 2.13. The Morgan fingerprint density at radius 3 is 2.73 bits per heavy atom. The molecule has 2 aliphatic rings. The minimum absolute atomic E-state index is 0.00318. The van der Waals surface area contributed by atoms with Crippen LogP contribution in [0.5, 0.6) is 0 Å². The molecule has 0 aromatic rings. The van der Waals surface area contributed by atoms with Crippen LogP contribution in [-0.2, 0) is 4.79 Å². The molecule has 2 rings (SSSR count). The number of carbonyl (C=O) groups excluding carboxylic acids is 1. The molecule has 4 nitrogen and oxygen atoms in total. The van der Waals surface area contributed by atoms with Crippen molar-refractivity contribution < 1.29 is 4.79 Å². The normalized spacial score (nSPS) is 28.9. The molecule has 1 heterocycles. The Hall–Kier alpha value is -0.610. The van der Waals surface area contributed by atoms with E-state index in [1.807, 2.05) is 11.8 Å². The molecule has 15 heavy (non-hydrogen) atoms. The molecule has 1 N–H and O–H groups in total. The fourth-order valence-corrected chi connectivity index (χ4v) is 2.13. The van der Waals surface area contributed by atoms with Crippen LogP contribution in [-0.4, -0.2) is 54.1 Å². The zero-order valence-electron chi connectivity index (χ0n) is 9.86. The van der Waals surface area contributed by atoms with Gasteiger partial charge in [-0.1, -0.05) is 0 Å². The van der Waals surface area contributed by atoms with E-state index in [2.05, 4.69) is 24.2 Å². The molecular weight excluding hydrogens is 190 g/mol. The highest BCUT2D eigenvalue weighted by atomic mass is 16.2. The van der Waals surface area contributed by atoms with Crippen molar-refractivity contribution in [2.75, 3.05) is 20.3 Å². The third kappa shape index (κ3) is 2.32. The van der Waals surface area contributed by atoms with Crippen molar-refractivity contribution in [2.24, 2.45) is 0 Å². The van der Waals surface area contributed by atoms with E-state index in [0.717, 1.165) is 12.6 Å². The van der Waals surface area contributed by atoms with E-state index in [4.69, 9.17) is 0 Å². The van der Waals surface area contributed by atoms with Gasteiger partial charge in [-0.2, -0.15) is 0 Å². The van der Waals surface area contributed by atoms with Gasteiger partial charge in [-0.25, -0.2) is 0 Å². The first-order chi connectivity index (χ1) is 7.09. The summed E-state index contributed by atoms with van der Waals surface area (Å²) in [4.78, 5) is 16.0. The molecule has 4 heteroatoms. The van der Waals surface area contributed by atoms with Crippen molar-refractivity contribution >= 4 is 5.91 Å². The molecular formula is C11H21N3O. The van der Waals surface area contributed by atoms with Crippen LogP contribution in [0.25, 0.3) is 0 Å². The highest BCUT2D eigenvalue weighted by molar-refractivity contribution is 5.83. The van der Waals surface area contributed by atoms with Crippen LogP contribution in [0.2, 0.25) is 0 Å². The van der Waals surface area contributed by atoms with Crippen LogP contribution in [0.15, 0.2) is 0 Å². The van der Waals surface area contributed by atoms with E-state index in [9.17, 15) is 4.79 Å². The number of nitrogens with zero attached hydrogens (tertiary/aromatic N) is 2. The third-order valence-electron chi connectivity index (χ3n) is 3.57. The van der Waals surface area contributed by atoms with E-state index in [-0.39, 0.29) is 11.9 Å². The zero-order chi connectivity index (χ0) is 11.0. The minimum Gasteiger partial charge on any atom is -0.327 e. The summed E-state index contributed by atoms with van der Waals surface area (Å²) >= 11 is 0. The van der Waals surface area contributed by atoms with Crippen LogP contribution in [0, 0.1) is 0 Å². The van der Waals surface area contributed by atoms with Crippen molar-refractivity contribution in [1.29, 1.82) is 0 Å². The summed E-state index contributed by atoms with van der Waals surface area (Å²) in [5, 5.41) is 3.17. The third-order valence-corrected chi connectivity index (χ3v) is 3.57. The topological polar surface area (TPSA) is 35.6 Å². The Balaban J connectivity index is 1.83. The average molecular weight is 211 g/mol. The van der Waals surface area contributed by atoms with Gasteiger partial charge in [-0.05, 0) is 33.7 Å². The number of hydrogen-bond acceptors (Lipinski definition) is 3. The first kappa shape index (κ1) is 10.9. The van der Waals surface area contributed by atoms with Gasteiger partial charge in [0.2, 0.25) is 5.91 Å². The van der Waals surface area contributed by atoms with Crippen molar-refractivity contribution in [3.8, 4) is 0 Å². The SMILES string of the molecule is CC1NCN(CC(C)N(C)C2CC2)C1=O. The number of nitrogens with one attached hydrogen (secondary N) is 1. The number of rotatable bonds is 4. The number of amides is 1. The van der Waals surface area contributed by atoms with E-state index in [1.54, 1.807) is 0 Å². The lowest BCUT2D eigenvalue weighted by atomic mass is 10.2. The quantitative estimate of drug-likeness (QED) is 0.724. The molecule has 0 spiro atoms. The highest BCUT2D eigenvalue weighted by Gasteiger charge is 2.33. The van der Waals surface area contributed by atoms with E-state index < -0.39 is 0 Å². The van der Waals surface area contributed by atoms with Gasteiger partial charge >= 0.3 is 0 Å². The standard InChI is InChI=1S/C11H21N3O/c1-8(13(3)10-4-5-10)6-14-7-12-9(2)11(14)15/h8-10,12H,4-7H2,1-3H3. The first-order valence-corrected chi connectivity index (χ1v) is 5.83. The van der Waals surface area contributed by atoms with Gasteiger partial charge in [0.25, 0.3) is 0 Å². The maximum Gasteiger partial charge on any atom is 0.240 e. The van der Waals surface area contributed by atoms with Crippen LogP contribution >= 0.6 is 0 Å². The molecule has 1 aliphatic heterocycles. The van der Waals surface area contributed by atoms with Crippen molar-refractivity contribution in [3.05, 3.63) is 0 Å². The second-order valence-corrected chi connectivity index (χ2v) is 4.89. The average Bonchev–Trinajstić information content (AvgIpc) is 3.00. The second-order valence-electron chi connectivity index (χ2n) is 4.89. The van der Waals surface area contributed by atoms with Crippen LogP contribution in [0.1, 0.15) is 26.7 Å². The smallest absolute Gasteiger partial charge is 0.240 e. The van der Waals surface area contributed by atoms with E-state index in [1.165, 1.54) is 12.8 Å². The molecule has 2 fully saturated rings. The lowest BCUT2D eigenvalue weighted by Crippen LogP contribution is -2.42. The summed E-state index contributed by atoms with van der Waals surface area (Å²) < 4.78 is 0. The molecule has 0 radical (unpaired) electrons. The Bertz CT molecular complexity index is 252. The highest BCUT2D eigenvalue weighted by Crippen LogP contribution is 2.27. The van der Waals surface area contributed by atoms with Crippen LogP contribution in [0.4, 0.5) is 0 Å². The predicted octanol–water partition coefficient (Wildman–Crippen LogP) is 0.247. The first-order valence-electron chi connectivity index (χ1n) is 5.83. The molecule has 1 saturated carbocycles. The summed E-state index contributed by atoms with van der Waals surface area (Å²) in [5.41, 5.74) is 0. The minimum atomic E-state index is 0.00318. The lowest BCUT2D eigenvalue weighted by molar-refractivity contribution is -0.129. The summed E-state index contributed by atoms with van der Waals surface area (Å²) in [5.74, 6) is 0.242. The maximum absolute atomic E-state index is 11.7. The number of carbonyl (C=O) groups is 1. The van der Waals surface area contributed by atoms with Gasteiger partial charge in [-0.3, -0.25) is 15.0 Å². The largest absolute Gasteiger partial charge is 0.327 e. The predicted molar refractivity (Wildman–Crippen MR) is 59.4 cm³/mol. The van der Waals surface area contributed by atoms with Gasteiger partial charge in [0, 0.05) is 18.6 Å². The number of hydrogen-bond donors (Lipinski definition) is 1. The molecule has 1 saturated heterocycles. The molecule has 2 atom stereocenters. The van der Waals surface area contributed by atoms with Gasteiger partial charge in [0.05, 0.1) is 12.7 Å². The van der Waals surface area contributed by atoms with Gasteiger partial charge in [0.15, 0.2) is 0 Å². The molecule has 0 bridgehead atoms. The summed E-state index contributed by atoms with van der Waals surface area (Å²) in [6, 6.07) is 1.24. The van der Waals surface area contributed by atoms with E-state index >= 15 is 0 Å². The molecule has 86 valence electrons. The molecule has 1 amide bonds. The van der Waals surface area contributed by atoms with Crippen LogP contribution in [0.3, 0.4) is 0 Å². The van der Waals surface area contributed by atoms with Gasteiger partial charge in [0.1, 0.15) is 0 Å². The van der Waals surface area contributed by atoms with Crippen molar-refractivity contribution in [3.63, 3.8) is 0 Å². The Kier molecular flexibility index (Phi) is 2.98. The number of likely N-dealkylation sites (N-methyl/N-ethyl adjacent to an activating group) is 1. The molecule has 2 unspecified atom stereocenters. The van der Waals surface area contributed by atoms with Crippen molar-refractivity contribution in [2.45, 2.75) is 44.8 Å². The van der Waals surface area contributed by atoms with Crippen molar-refractivity contribution in [1.82, 2.24) is 15.1 Å². The summed E-state index contributed by atoms with van der Waals surface area (Å²) in [6.45, 7) is 5.69.